The maximum Gasteiger partial charge on any atom is 0.306 e. The minimum Gasteiger partial charge on any atom is -0.493 e. The number of fused-ring (bicyclic) bond motifs is 2. The summed E-state index contributed by atoms with van der Waals surface area (Å²) in [5, 5.41) is 19.3. The second-order valence-corrected chi connectivity index (χ2v) is 13.2. The number of hydrogen-bond acceptors (Lipinski definition) is 10. The van der Waals surface area contributed by atoms with Crippen molar-refractivity contribution in [2.45, 2.75) is 39.5 Å². The quantitative estimate of drug-likeness (QED) is 0.0831. The van der Waals surface area contributed by atoms with Crippen LogP contribution in [0.2, 0.25) is 5.02 Å². The van der Waals surface area contributed by atoms with Crippen LogP contribution in [0.5, 0.6) is 23.0 Å². The first-order valence-corrected chi connectivity index (χ1v) is 16.2. The van der Waals surface area contributed by atoms with Gasteiger partial charge < -0.3 is 29.2 Å². The van der Waals surface area contributed by atoms with Crippen LogP contribution in [0.1, 0.15) is 58.9 Å². The van der Waals surface area contributed by atoms with E-state index in [4.69, 9.17) is 40.8 Å². The lowest BCUT2D eigenvalue weighted by Gasteiger charge is -2.14. The fourth-order valence-corrected chi connectivity index (χ4v) is 6.97. The number of benzene rings is 2. The average Bonchev–Trinajstić information content (AvgIpc) is 3.65. The third kappa shape index (κ3) is 7.71. The Bertz CT molecular complexity index is 1670. The molecule has 2 heterocycles. The molecule has 2 atom stereocenters. The van der Waals surface area contributed by atoms with Gasteiger partial charge in [0.1, 0.15) is 0 Å². The molecule has 0 saturated heterocycles. The van der Waals surface area contributed by atoms with Gasteiger partial charge >= 0.3 is 11.9 Å². The molecule has 0 aliphatic rings. The van der Waals surface area contributed by atoms with Crippen LogP contribution in [0.15, 0.2) is 24.3 Å². The summed E-state index contributed by atoms with van der Waals surface area (Å²) in [6, 6.07) is 6.33. The monoisotopic (exact) mass is 694 g/mol. The predicted molar refractivity (Wildman–Crippen MR) is 173 cm³/mol. The molecule has 10 nitrogen and oxygen atoms in total. The number of carboxylic acid groups (broad SMARTS) is 2. The lowest BCUT2D eigenvalue weighted by atomic mass is 10.0. The lowest BCUT2D eigenvalue weighted by Crippen LogP contribution is -2.13. The van der Waals surface area contributed by atoms with Gasteiger partial charge in [-0.1, -0.05) is 25.4 Å². The second-order valence-electron chi connectivity index (χ2n) is 10.6. The fraction of sp³-hybridized carbons (Fsp3) is 0.375. The number of methoxy groups -OCH3 is 2. The van der Waals surface area contributed by atoms with Gasteiger partial charge in [-0.2, -0.15) is 0 Å². The summed E-state index contributed by atoms with van der Waals surface area (Å²) < 4.78 is 39.1. The van der Waals surface area contributed by atoms with Crippen molar-refractivity contribution < 1.29 is 52.7 Å². The number of rotatable bonds is 17. The molecule has 0 radical (unpaired) electrons. The zero-order chi connectivity index (χ0) is 33.7. The van der Waals surface area contributed by atoms with Gasteiger partial charge in [-0.05, 0) is 25.0 Å². The molecule has 0 unspecified atom stereocenters. The first-order chi connectivity index (χ1) is 21.9. The highest BCUT2D eigenvalue weighted by Crippen LogP contribution is 2.45. The molecule has 4 aromatic rings. The molecule has 0 bridgehead atoms. The van der Waals surface area contributed by atoms with Gasteiger partial charge in [0.05, 0.1) is 54.0 Å². The number of aliphatic carboxylic acids is 2. The van der Waals surface area contributed by atoms with Crippen molar-refractivity contribution in [1.29, 1.82) is 0 Å². The molecule has 246 valence electrons. The highest BCUT2D eigenvalue weighted by Gasteiger charge is 2.24. The number of thiophene rings is 2. The van der Waals surface area contributed by atoms with Crippen LogP contribution in [0.4, 0.5) is 4.39 Å². The number of carbonyl (C=O) groups is 4. The van der Waals surface area contributed by atoms with Crippen molar-refractivity contribution in [3.05, 3.63) is 44.9 Å². The number of carboxylic acids is 2. The van der Waals surface area contributed by atoms with Crippen molar-refractivity contribution >= 4 is 78.0 Å². The van der Waals surface area contributed by atoms with Gasteiger partial charge in [0.25, 0.3) is 0 Å². The van der Waals surface area contributed by atoms with E-state index in [2.05, 4.69) is 0 Å². The number of ether oxygens (including phenoxy) is 4. The van der Waals surface area contributed by atoms with E-state index in [1.54, 1.807) is 18.2 Å². The topological polar surface area (TPSA) is 146 Å². The Kier molecular flexibility index (Phi) is 11.5. The van der Waals surface area contributed by atoms with E-state index in [-0.39, 0.29) is 64.4 Å². The Morgan fingerprint density at radius 1 is 0.761 bits per heavy atom. The highest BCUT2D eigenvalue weighted by atomic mass is 35.5. The van der Waals surface area contributed by atoms with Crippen LogP contribution < -0.4 is 18.9 Å². The molecule has 0 fully saturated rings. The number of carbonyl (C=O) groups excluding carboxylic acids is 2. The van der Waals surface area contributed by atoms with Crippen molar-refractivity contribution in [2.24, 2.45) is 11.8 Å². The van der Waals surface area contributed by atoms with Gasteiger partial charge in [0.2, 0.25) is 0 Å². The lowest BCUT2D eigenvalue weighted by molar-refractivity contribution is -0.141. The summed E-state index contributed by atoms with van der Waals surface area (Å²) in [4.78, 5) is 48.1. The van der Waals surface area contributed by atoms with Crippen LogP contribution in [-0.4, -0.2) is 61.2 Å². The molecule has 0 amide bonds. The highest BCUT2D eigenvalue weighted by molar-refractivity contribution is 7.21. The molecule has 0 saturated carbocycles. The summed E-state index contributed by atoms with van der Waals surface area (Å²) in [7, 11) is 2.85. The fourth-order valence-electron chi connectivity index (χ4n) is 4.53. The molecule has 0 aliphatic carbocycles. The summed E-state index contributed by atoms with van der Waals surface area (Å²) in [6.07, 6.45) is 0.651. The number of Topliss-reactive ketones (excluding diaryl/α,β-unsaturated/α-hetero) is 2. The summed E-state index contributed by atoms with van der Waals surface area (Å²) in [5.41, 5.74) is 0. The molecule has 2 aromatic heterocycles. The summed E-state index contributed by atoms with van der Waals surface area (Å²) in [6.45, 7) is 3.27. The van der Waals surface area contributed by atoms with Gasteiger partial charge in [-0.3, -0.25) is 19.2 Å². The molecular weight excluding hydrogens is 663 g/mol. The van der Waals surface area contributed by atoms with E-state index >= 15 is 4.39 Å². The van der Waals surface area contributed by atoms with Gasteiger partial charge in [0.15, 0.2) is 40.4 Å². The summed E-state index contributed by atoms with van der Waals surface area (Å²) in [5.74, 6) is -4.41. The molecule has 0 aliphatic heterocycles. The Morgan fingerprint density at radius 2 is 1.20 bits per heavy atom. The maximum atomic E-state index is 15.5. The average molecular weight is 695 g/mol. The van der Waals surface area contributed by atoms with Crippen LogP contribution in [-0.2, 0) is 9.59 Å². The Labute approximate surface area is 276 Å². The minimum atomic E-state index is -1.08. The molecule has 4 rings (SSSR count). The van der Waals surface area contributed by atoms with Gasteiger partial charge in [0, 0.05) is 45.1 Å². The van der Waals surface area contributed by atoms with E-state index < -0.39 is 29.6 Å². The van der Waals surface area contributed by atoms with Crippen LogP contribution in [0.3, 0.4) is 0 Å². The molecular formula is C32H32ClFO10S2. The van der Waals surface area contributed by atoms with Crippen molar-refractivity contribution in [3.8, 4) is 23.0 Å². The number of ketones is 2. The summed E-state index contributed by atoms with van der Waals surface area (Å²) >= 11 is 8.91. The third-order valence-electron chi connectivity index (χ3n) is 7.21. The SMILES string of the molecule is COc1cc2sc(C(=O)C[C@H](C)C(=O)O)cc2c(F)c1OCCCCOc1c(OC)cc2sc(C(=O)C[C@H](C)C(=O)O)cc2c1Cl. The smallest absolute Gasteiger partial charge is 0.306 e. The van der Waals surface area contributed by atoms with E-state index in [1.807, 2.05) is 0 Å². The first kappa shape index (κ1) is 34.9. The standard InChI is InChI=1S/C32H32ClFO10S2/c1-15(31(37)38)9-19(35)25-11-17-23(45-25)13-21(41-3)29(27(17)33)43-7-5-6-8-44-30-22(42-4)14-24-18(28(30)34)12-26(46-24)20(36)10-16(2)32(39)40/h11-16H,5-10H2,1-4H3,(H,37,38)(H,39,40)/t15-,16-/m0/s1. The normalized spacial score (nSPS) is 12.6. The van der Waals surface area contributed by atoms with Gasteiger partial charge in [-0.15, -0.1) is 22.7 Å². The number of halogens is 2. The zero-order valence-corrected chi connectivity index (χ0v) is 27.8. The van der Waals surface area contributed by atoms with E-state index in [9.17, 15) is 19.2 Å². The van der Waals surface area contributed by atoms with E-state index in [0.29, 0.717) is 44.0 Å². The Hall–Kier alpha value is -3.94. The van der Waals surface area contributed by atoms with Crippen LogP contribution in [0.25, 0.3) is 20.2 Å². The molecule has 46 heavy (non-hydrogen) atoms. The predicted octanol–water partition coefficient (Wildman–Crippen LogP) is 7.75. The molecule has 2 N–H and O–H groups in total. The third-order valence-corrected chi connectivity index (χ3v) is 9.83. The van der Waals surface area contributed by atoms with Crippen LogP contribution >= 0.6 is 34.3 Å². The Morgan fingerprint density at radius 3 is 1.67 bits per heavy atom. The minimum absolute atomic E-state index is 0.0951. The first-order valence-electron chi connectivity index (χ1n) is 14.2. The zero-order valence-electron chi connectivity index (χ0n) is 25.4. The molecule has 2 aromatic carbocycles. The Balaban J connectivity index is 1.39. The molecule has 0 spiro atoms. The van der Waals surface area contributed by atoms with Crippen molar-refractivity contribution in [2.75, 3.05) is 27.4 Å². The maximum absolute atomic E-state index is 15.5. The van der Waals surface area contributed by atoms with E-state index in [0.717, 1.165) is 11.3 Å². The molecule has 14 heteroatoms. The van der Waals surface area contributed by atoms with Gasteiger partial charge in [-0.25, -0.2) is 4.39 Å². The number of hydrogen-bond donors (Lipinski definition) is 2. The second kappa shape index (κ2) is 15.1. The van der Waals surface area contributed by atoms with Crippen LogP contribution in [0, 0.1) is 17.7 Å². The van der Waals surface area contributed by atoms with Crippen molar-refractivity contribution in [1.82, 2.24) is 0 Å². The van der Waals surface area contributed by atoms with Crippen molar-refractivity contribution in [3.63, 3.8) is 0 Å². The number of unbranched alkanes of at least 4 members (excludes halogenated alkanes) is 1. The largest absolute Gasteiger partial charge is 0.493 e. The van der Waals surface area contributed by atoms with E-state index in [1.165, 1.54) is 45.5 Å².